The molecule has 182 valence electrons. The Hall–Kier alpha value is -2.68. The number of aromatic nitrogens is 2. The minimum atomic E-state index is -0.164. The Balaban J connectivity index is 1.32. The monoisotopic (exact) mass is 469 g/mol. The van der Waals surface area contributed by atoms with Gasteiger partial charge in [-0.3, -0.25) is 0 Å². The van der Waals surface area contributed by atoms with Crippen LogP contribution >= 0.6 is 0 Å². The fourth-order valence-electron chi connectivity index (χ4n) is 8.15. The molecule has 2 aromatic rings. The summed E-state index contributed by atoms with van der Waals surface area (Å²) in [5.41, 5.74) is 6.42. The van der Waals surface area contributed by atoms with Crippen LogP contribution in [0, 0.1) is 39.9 Å². The first-order chi connectivity index (χ1) is 16.9. The molecule has 4 aliphatic carbocycles. The number of hydrogen-bond acceptors (Lipinski definition) is 4. The summed E-state index contributed by atoms with van der Waals surface area (Å²) in [7, 11) is 0. The van der Waals surface area contributed by atoms with Gasteiger partial charge < -0.3 is 10.2 Å². The number of hydrogen-bond donors (Lipinski definition) is 2. The normalized spacial score (nSPS) is 35.9. The van der Waals surface area contributed by atoms with Crippen molar-refractivity contribution >= 4 is 5.57 Å². The number of rotatable bonds is 3. The van der Waals surface area contributed by atoms with Crippen molar-refractivity contribution in [1.82, 2.24) is 9.78 Å². The van der Waals surface area contributed by atoms with Crippen molar-refractivity contribution in [2.45, 2.75) is 71.5 Å². The van der Waals surface area contributed by atoms with Gasteiger partial charge in [0, 0.05) is 11.8 Å². The SMILES string of the molecule is C[C@]12CC[C@H](O)CC1=CC[C@@H]1[C@@H]2CC[C@]2(C)C(c3nn(-c4ccc(C#N)cc4)cc3CO)=CC[C@@H]12. The van der Waals surface area contributed by atoms with Crippen LogP contribution in [0.1, 0.15) is 75.6 Å². The topological polar surface area (TPSA) is 82.1 Å². The Morgan fingerprint density at radius 3 is 2.57 bits per heavy atom. The fraction of sp³-hybridized carbons (Fsp3) is 0.533. The van der Waals surface area contributed by atoms with Gasteiger partial charge in [0.25, 0.3) is 0 Å². The summed E-state index contributed by atoms with van der Waals surface area (Å²) in [6.07, 6.45) is 14.1. The van der Waals surface area contributed by atoms with E-state index in [0.717, 1.165) is 55.5 Å². The number of benzene rings is 1. The molecule has 4 aliphatic rings. The van der Waals surface area contributed by atoms with E-state index in [1.165, 1.54) is 17.6 Å². The molecule has 1 aromatic carbocycles. The molecule has 5 heteroatoms. The molecular weight excluding hydrogens is 434 g/mol. The maximum atomic E-state index is 10.3. The van der Waals surface area contributed by atoms with E-state index in [2.05, 4.69) is 32.1 Å². The number of nitrogens with zero attached hydrogens (tertiary/aromatic N) is 3. The van der Waals surface area contributed by atoms with E-state index >= 15 is 0 Å². The molecule has 0 bridgehead atoms. The van der Waals surface area contributed by atoms with Crippen molar-refractivity contribution in [1.29, 1.82) is 5.26 Å². The van der Waals surface area contributed by atoms with E-state index in [0.29, 0.717) is 23.3 Å². The zero-order valence-electron chi connectivity index (χ0n) is 20.7. The van der Waals surface area contributed by atoms with Gasteiger partial charge in [-0.1, -0.05) is 31.6 Å². The van der Waals surface area contributed by atoms with Crippen molar-refractivity contribution in [3.63, 3.8) is 0 Å². The molecule has 0 unspecified atom stereocenters. The van der Waals surface area contributed by atoms with Gasteiger partial charge in [-0.15, -0.1) is 0 Å². The molecule has 0 spiro atoms. The quantitative estimate of drug-likeness (QED) is 0.577. The summed E-state index contributed by atoms with van der Waals surface area (Å²) in [5.74, 6) is 1.93. The molecule has 1 heterocycles. The van der Waals surface area contributed by atoms with Crippen molar-refractivity contribution < 1.29 is 10.2 Å². The van der Waals surface area contributed by atoms with Crippen LogP contribution in [-0.4, -0.2) is 26.1 Å². The highest BCUT2D eigenvalue weighted by molar-refractivity contribution is 5.72. The predicted octanol–water partition coefficient (Wildman–Crippen LogP) is 5.55. The van der Waals surface area contributed by atoms with E-state index in [1.807, 2.05) is 23.0 Å². The number of aliphatic hydroxyl groups is 2. The first-order valence-corrected chi connectivity index (χ1v) is 13.2. The second-order valence-corrected chi connectivity index (χ2v) is 11.7. The third-order valence-corrected chi connectivity index (χ3v) is 10.1. The van der Waals surface area contributed by atoms with Crippen molar-refractivity contribution in [2.75, 3.05) is 0 Å². The zero-order chi connectivity index (χ0) is 24.4. The minimum absolute atomic E-state index is 0.0394. The minimum Gasteiger partial charge on any atom is -0.393 e. The smallest absolute Gasteiger partial charge is 0.0991 e. The third kappa shape index (κ3) is 3.37. The summed E-state index contributed by atoms with van der Waals surface area (Å²) >= 11 is 0. The molecule has 1 aromatic heterocycles. The van der Waals surface area contributed by atoms with Crippen LogP contribution < -0.4 is 0 Å². The Bertz CT molecular complexity index is 1250. The molecule has 6 atom stereocenters. The standard InChI is InChI=1S/C30H35N3O2/c1-29-13-11-23(35)15-21(29)5-8-24-25-9-10-27(30(25,2)14-12-26(24)29)28-20(18-34)17-33(32-28)22-6-3-19(16-31)4-7-22/h3-7,10,17,23-26,34-35H,8-9,11-15,18H2,1-2H3/t23-,24-,25-,26-,29-,30-/m0/s1. The maximum Gasteiger partial charge on any atom is 0.0991 e. The molecule has 2 N–H and O–H groups in total. The maximum absolute atomic E-state index is 10.3. The fourth-order valence-corrected chi connectivity index (χ4v) is 8.15. The highest BCUT2D eigenvalue weighted by Crippen LogP contribution is 2.66. The first-order valence-electron chi connectivity index (χ1n) is 13.2. The number of fused-ring (bicyclic) bond motifs is 5. The highest BCUT2D eigenvalue weighted by atomic mass is 16.3. The molecule has 6 rings (SSSR count). The van der Waals surface area contributed by atoms with Crippen molar-refractivity contribution in [2.24, 2.45) is 28.6 Å². The van der Waals surface area contributed by atoms with Crippen LogP contribution in [0.2, 0.25) is 0 Å². The van der Waals surface area contributed by atoms with Crippen LogP contribution in [-0.2, 0) is 6.61 Å². The van der Waals surface area contributed by atoms with E-state index < -0.39 is 0 Å². The lowest BCUT2D eigenvalue weighted by atomic mass is 9.47. The van der Waals surface area contributed by atoms with E-state index in [4.69, 9.17) is 10.4 Å². The number of aliphatic hydroxyl groups excluding tert-OH is 2. The third-order valence-electron chi connectivity index (χ3n) is 10.1. The molecule has 2 fully saturated rings. The summed E-state index contributed by atoms with van der Waals surface area (Å²) < 4.78 is 1.84. The van der Waals surface area contributed by atoms with Gasteiger partial charge in [-0.25, -0.2) is 4.68 Å². The Morgan fingerprint density at radius 2 is 1.83 bits per heavy atom. The van der Waals surface area contributed by atoms with E-state index in [9.17, 15) is 10.2 Å². The molecule has 0 aliphatic heterocycles. The summed E-state index contributed by atoms with van der Waals surface area (Å²) in [6, 6.07) is 9.58. The van der Waals surface area contributed by atoms with Gasteiger partial charge in [0.15, 0.2) is 0 Å². The summed E-state index contributed by atoms with van der Waals surface area (Å²) in [5, 5.41) is 34.6. The van der Waals surface area contributed by atoms with Crippen LogP contribution in [0.15, 0.2) is 48.2 Å². The van der Waals surface area contributed by atoms with Crippen LogP contribution in [0.4, 0.5) is 0 Å². The molecule has 5 nitrogen and oxygen atoms in total. The molecule has 2 saturated carbocycles. The Labute approximate surface area is 207 Å². The number of nitriles is 1. The predicted molar refractivity (Wildman–Crippen MR) is 135 cm³/mol. The van der Waals surface area contributed by atoms with Gasteiger partial charge in [0.1, 0.15) is 0 Å². The highest BCUT2D eigenvalue weighted by Gasteiger charge is 2.57. The molecule has 0 amide bonds. The first kappa shape index (κ1) is 22.8. The summed E-state index contributed by atoms with van der Waals surface area (Å²) in [4.78, 5) is 0. The van der Waals surface area contributed by atoms with Crippen LogP contribution in [0.5, 0.6) is 0 Å². The Morgan fingerprint density at radius 1 is 1.06 bits per heavy atom. The summed E-state index contributed by atoms with van der Waals surface area (Å²) in [6.45, 7) is 4.86. The second kappa shape index (κ2) is 8.18. The van der Waals surface area contributed by atoms with Gasteiger partial charge in [0.2, 0.25) is 0 Å². The average Bonchev–Trinajstić information content (AvgIpc) is 3.45. The molecule has 0 radical (unpaired) electrons. The Kier molecular flexibility index (Phi) is 5.32. The van der Waals surface area contributed by atoms with Gasteiger partial charge >= 0.3 is 0 Å². The van der Waals surface area contributed by atoms with Crippen molar-refractivity contribution in [3.8, 4) is 11.8 Å². The molecule has 35 heavy (non-hydrogen) atoms. The molecular formula is C30H35N3O2. The average molecular weight is 470 g/mol. The van der Waals surface area contributed by atoms with E-state index in [-0.39, 0.29) is 23.5 Å². The van der Waals surface area contributed by atoms with E-state index in [1.54, 1.807) is 12.1 Å². The second-order valence-electron chi connectivity index (χ2n) is 11.7. The lowest BCUT2D eigenvalue weighted by Gasteiger charge is -2.57. The lowest BCUT2D eigenvalue weighted by Crippen LogP contribution is -2.49. The van der Waals surface area contributed by atoms with Crippen molar-refractivity contribution in [3.05, 3.63) is 65.0 Å². The largest absolute Gasteiger partial charge is 0.393 e. The number of allylic oxidation sites excluding steroid dienone is 3. The van der Waals surface area contributed by atoms with Crippen LogP contribution in [0.3, 0.4) is 0 Å². The zero-order valence-corrected chi connectivity index (χ0v) is 20.7. The van der Waals surface area contributed by atoms with Crippen LogP contribution in [0.25, 0.3) is 11.3 Å². The van der Waals surface area contributed by atoms with Gasteiger partial charge in [0.05, 0.1) is 35.7 Å². The van der Waals surface area contributed by atoms with Gasteiger partial charge in [-0.2, -0.15) is 10.4 Å². The lowest BCUT2D eigenvalue weighted by molar-refractivity contribution is -0.0239. The molecule has 0 saturated heterocycles. The van der Waals surface area contributed by atoms with Gasteiger partial charge in [-0.05, 0) is 103 Å².